The fourth-order valence-corrected chi connectivity index (χ4v) is 5.13. The molecule has 1 aromatic heterocycles. The molecule has 1 aliphatic heterocycles. The Balaban J connectivity index is 1.45. The lowest BCUT2D eigenvalue weighted by molar-refractivity contribution is -0.137. The van der Waals surface area contributed by atoms with Gasteiger partial charge in [0.15, 0.2) is 5.13 Å². The van der Waals surface area contributed by atoms with Crippen LogP contribution in [0.25, 0.3) is 10.2 Å². The Kier molecular flexibility index (Phi) is 4.44. The fraction of sp³-hybridized carbons (Fsp3) is 0.579. The van der Waals surface area contributed by atoms with E-state index in [1.165, 1.54) is 24.0 Å². The molecule has 1 aromatic carbocycles. The minimum absolute atomic E-state index is 0.278. The highest BCUT2D eigenvalue weighted by atomic mass is 32.1. The van der Waals surface area contributed by atoms with Gasteiger partial charge in [-0.1, -0.05) is 42.7 Å². The van der Waals surface area contributed by atoms with Crippen molar-refractivity contribution in [3.05, 3.63) is 24.3 Å². The molecule has 2 aromatic rings. The number of benzene rings is 1. The van der Waals surface area contributed by atoms with Crippen molar-refractivity contribution in [2.45, 2.75) is 45.1 Å². The van der Waals surface area contributed by atoms with Gasteiger partial charge in [0, 0.05) is 31.6 Å². The third-order valence-electron chi connectivity index (χ3n) is 5.42. The van der Waals surface area contributed by atoms with Crippen LogP contribution in [-0.4, -0.2) is 41.5 Å². The van der Waals surface area contributed by atoms with Crippen molar-refractivity contribution in [3.8, 4) is 0 Å². The van der Waals surface area contributed by atoms with Crippen molar-refractivity contribution >= 4 is 32.6 Å². The summed E-state index contributed by atoms with van der Waals surface area (Å²) in [5.41, 5.74) is 1.07. The summed E-state index contributed by atoms with van der Waals surface area (Å²) in [5.74, 6) is 0.672. The predicted molar refractivity (Wildman–Crippen MR) is 99.6 cm³/mol. The summed E-state index contributed by atoms with van der Waals surface area (Å²) in [6, 6.07) is 8.63. The normalized spacial score (nSPS) is 23.0. The monoisotopic (exact) mass is 343 g/mol. The molecule has 24 heavy (non-hydrogen) atoms. The summed E-state index contributed by atoms with van der Waals surface area (Å²) in [7, 11) is 0. The highest BCUT2D eigenvalue weighted by Gasteiger charge is 2.32. The molecule has 128 valence electrons. The summed E-state index contributed by atoms with van der Waals surface area (Å²) in [4.78, 5) is 22.0. The predicted octanol–water partition coefficient (Wildman–Crippen LogP) is 3.91. The van der Waals surface area contributed by atoms with E-state index in [-0.39, 0.29) is 5.92 Å². The lowest BCUT2D eigenvalue weighted by Crippen LogP contribution is -2.55. The van der Waals surface area contributed by atoms with E-state index >= 15 is 0 Å². The maximum absolute atomic E-state index is 12.8. The van der Waals surface area contributed by atoms with Crippen molar-refractivity contribution in [1.82, 2.24) is 9.88 Å². The lowest BCUT2D eigenvalue weighted by Gasteiger charge is -2.41. The van der Waals surface area contributed by atoms with Gasteiger partial charge in [-0.15, -0.1) is 0 Å². The van der Waals surface area contributed by atoms with Gasteiger partial charge in [-0.25, -0.2) is 4.98 Å². The lowest BCUT2D eigenvalue weighted by atomic mass is 9.88. The number of hydrogen-bond donors (Lipinski definition) is 0. The first-order chi connectivity index (χ1) is 11.7. The van der Waals surface area contributed by atoms with E-state index in [4.69, 9.17) is 4.98 Å². The average Bonchev–Trinajstić information content (AvgIpc) is 3.05. The molecule has 4 rings (SSSR count). The molecule has 5 heteroatoms. The van der Waals surface area contributed by atoms with Crippen LogP contribution in [0.15, 0.2) is 24.3 Å². The molecule has 1 saturated heterocycles. The number of para-hydroxylation sites is 1. The molecular formula is C19H25N3OS. The molecular weight excluding hydrogens is 318 g/mol. The van der Waals surface area contributed by atoms with Crippen molar-refractivity contribution in [2.75, 3.05) is 24.5 Å². The number of thiazole rings is 1. The Hall–Kier alpha value is -1.62. The van der Waals surface area contributed by atoms with E-state index in [0.717, 1.165) is 43.1 Å². The quantitative estimate of drug-likeness (QED) is 0.829. The molecule has 0 radical (unpaired) electrons. The van der Waals surface area contributed by atoms with E-state index in [0.29, 0.717) is 11.9 Å². The second kappa shape index (κ2) is 6.71. The van der Waals surface area contributed by atoms with E-state index in [1.54, 1.807) is 11.3 Å². The van der Waals surface area contributed by atoms with Crippen LogP contribution in [0.4, 0.5) is 5.13 Å². The Labute approximate surface area is 147 Å². The van der Waals surface area contributed by atoms with Crippen molar-refractivity contribution in [2.24, 2.45) is 5.92 Å². The van der Waals surface area contributed by atoms with Gasteiger partial charge >= 0.3 is 0 Å². The standard InChI is InChI=1S/C19H25N3OS/c1-14-13-21(18(23)15-7-3-2-4-8-15)11-12-22(14)19-20-16-9-5-6-10-17(16)24-19/h5-6,9-10,14-15H,2-4,7-8,11-13H2,1H3/t14-/m1/s1. The molecule has 2 fully saturated rings. The topological polar surface area (TPSA) is 36.4 Å². The zero-order chi connectivity index (χ0) is 16.5. The van der Waals surface area contributed by atoms with Gasteiger partial charge in [0.25, 0.3) is 0 Å². The van der Waals surface area contributed by atoms with Crippen LogP contribution < -0.4 is 4.90 Å². The Morgan fingerprint density at radius 1 is 1.17 bits per heavy atom. The zero-order valence-electron chi connectivity index (χ0n) is 14.3. The second-order valence-corrected chi connectivity index (χ2v) is 8.13. The SMILES string of the molecule is C[C@@H]1CN(C(=O)C2CCCCC2)CCN1c1nc2ccccc2s1. The van der Waals surface area contributed by atoms with Gasteiger partial charge in [-0.3, -0.25) is 4.79 Å². The molecule has 1 amide bonds. The van der Waals surface area contributed by atoms with Crippen LogP contribution >= 0.6 is 11.3 Å². The van der Waals surface area contributed by atoms with Gasteiger partial charge in [-0.2, -0.15) is 0 Å². The molecule has 1 aliphatic carbocycles. The third-order valence-corrected chi connectivity index (χ3v) is 6.50. The minimum atomic E-state index is 0.278. The molecule has 2 aliphatic rings. The number of anilines is 1. The van der Waals surface area contributed by atoms with Crippen LogP contribution in [0, 0.1) is 5.92 Å². The van der Waals surface area contributed by atoms with Crippen molar-refractivity contribution < 1.29 is 4.79 Å². The molecule has 0 bridgehead atoms. The minimum Gasteiger partial charge on any atom is -0.342 e. The first kappa shape index (κ1) is 15.9. The molecule has 1 atom stereocenters. The van der Waals surface area contributed by atoms with E-state index in [2.05, 4.69) is 34.9 Å². The van der Waals surface area contributed by atoms with Gasteiger partial charge in [0.2, 0.25) is 5.91 Å². The summed E-state index contributed by atoms with van der Waals surface area (Å²) in [5, 5.41) is 1.09. The smallest absolute Gasteiger partial charge is 0.225 e. The van der Waals surface area contributed by atoms with Crippen LogP contribution in [0.2, 0.25) is 0 Å². The van der Waals surface area contributed by atoms with Crippen LogP contribution in [0.1, 0.15) is 39.0 Å². The van der Waals surface area contributed by atoms with Crippen molar-refractivity contribution in [1.29, 1.82) is 0 Å². The molecule has 4 nitrogen and oxygen atoms in total. The number of carbonyl (C=O) groups is 1. The van der Waals surface area contributed by atoms with E-state index in [1.807, 2.05) is 6.07 Å². The molecule has 0 unspecified atom stereocenters. The first-order valence-corrected chi connectivity index (χ1v) is 9.95. The summed E-state index contributed by atoms with van der Waals surface area (Å²) in [6.07, 6.45) is 5.91. The largest absolute Gasteiger partial charge is 0.342 e. The Morgan fingerprint density at radius 2 is 1.96 bits per heavy atom. The van der Waals surface area contributed by atoms with Gasteiger partial charge in [0.05, 0.1) is 10.2 Å². The number of nitrogens with zero attached hydrogens (tertiary/aromatic N) is 3. The number of fused-ring (bicyclic) bond motifs is 1. The average molecular weight is 343 g/mol. The molecule has 0 spiro atoms. The number of rotatable bonds is 2. The van der Waals surface area contributed by atoms with Gasteiger partial charge in [-0.05, 0) is 31.9 Å². The van der Waals surface area contributed by atoms with E-state index < -0.39 is 0 Å². The summed E-state index contributed by atoms with van der Waals surface area (Å²) < 4.78 is 1.24. The molecule has 0 N–H and O–H groups in total. The first-order valence-electron chi connectivity index (χ1n) is 9.13. The number of aromatic nitrogens is 1. The molecule has 1 saturated carbocycles. The summed E-state index contributed by atoms with van der Waals surface area (Å²) in [6.45, 7) is 4.76. The van der Waals surface area contributed by atoms with Crippen LogP contribution in [0.5, 0.6) is 0 Å². The number of amides is 1. The summed E-state index contributed by atoms with van der Waals surface area (Å²) >= 11 is 1.76. The zero-order valence-corrected chi connectivity index (χ0v) is 15.1. The fourth-order valence-electron chi connectivity index (χ4n) is 4.03. The number of piperazine rings is 1. The number of carbonyl (C=O) groups excluding carboxylic acids is 1. The maximum atomic E-state index is 12.8. The van der Waals surface area contributed by atoms with Gasteiger partial charge in [0.1, 0.15) is 0 Å². The maximum Gasteiger partial charge on any atom is 0.225 e. The van der Waals surface area contributed by atoms with Crippen LogP contribution in [0.3, 0.4) is 0 Å². The van der Waals surface area contributed by atoms with Crippen molar-refractivity contribution in [3.63, 3.8) is 0 Å². The Bertz CT molecular complexity index is 689. The van der Waals surface area contributed by atoms with Gasteiger partial charge < -0.3 is 9.80 Å². The Morgan fingerprint density at radius 3 is 2.71 bits per heavy atom. The molecule has 2 heterocycles. The van der Waals surface area contributed by atoms with E-state index in [9.17, 15) is 4.79 Å². The van der Waals surface area contributed by atoms with Crippen LogP contribution in [-0.2, 0) is 4.79 Å². The number of hydrogen-bond acceptors (Lipinski definition) is 4. The highest BCUT2D eigenvalue weighted by molar-refractivity contribution is 7.22. The highest BCUT2D eigenvalue weighted by Crippen LogP contribution is 2.32. The second-order valence-electron chi connectivity index (χ2n) is 7.13. The third kappa shape index (κ3) is 3.02.